The van der Waals surface area contributed by atoms with Gasteiger partial charge in [0, 0.05) is 26.4 Å². The smallest absolute Gasteiger partial charge is 0.232 e. The Morgan fingerprint density at radius 1 is 1.50 bits per heavy atom. The first kappa shape index (κ1) is 15.1. The Kier molecular flexibility index (Phi) is 6.29. The Balaban J connectivity index is 2.55. The molecule has 0 saturated carbocycles. The van der Waals surface area contributed by atoms with E-state index >= 15 is 0 Å². The number of hydrogen-bond acceptors (Lipinski definition) is 4. The molecule has 0 unspecified atom stereocenters. The van der Waals surface area contributed by atoms with Crippen LogP contribution in [0.4, 0.5) is 5.82 Å². The molecular formula is C12H18ClN3OS. The summed E-state index contributed by atoms with van der Waals surface area (Å²) in [6.07, 6.45) is 0. The van der Waals surface area contributed by atoms with Crippen molar-refractivity contribution in [2.45, 2.75) is 12.7 Å². The van der Waals surface area contributed by atoms with Crippen molar-refractivity contribution >= 4 is 35.1 Å². The summed E-state index contributed by atoms with van der Waals surface area (Å²) in [5.41, 5.74) is 0.812. The first-order valence-corrected chi connectivity index (χ1v) is 7.25. The van der Waals surface area contributed by atoms with Gasteiger partial charge in [-0.3, -0.25) is 4.79 Å². The molecule has 1 aromatic heterocycles. The zero-order valence-corrected chi connectivity index (χ0v) is 12.4. The summed E-state index contributed by atoms with van der Waals surface area (Å²) < 4.78 is 0. The molecule has 0 aromatic carbocycles. The quantitative estimate of drug-likeness (QED) is 0.873. The lowest BCUT2D eigenvalue weighted by Crippen LogP contribution is -2.23. The highest BCUT2D eigenvalue weighted by molar-refractivity contribution is 7.99. The highest BCUT2D eigenvalue weighted by atomic mass is 35.5. The lowest BCUT2D eigenvalue weighted by molar-refractivity contribution is -0.125. The van der Waals surface area contributed by atoms with Gasteiger partial charge in [-0.2, -0.15) is 0 Å². The van der Waals surface area contributed by atoms with Crippen LogP contribution in [0.1, 0.15) is 12.6 Å². The average molecular weight is 288 g/mol. The van der Waals surface area contributed by atoms with Gasteiger partial charge in [-0.25, -0.2) is 4.98 Å². The van der Waals surface area contributed by atoms with Crippen molar-refractivity contribution in [3.8, 4) is 0 Å². The number of nitrogens with zero attached hydrogens (tertiary/aromatic N) is 2. The molecule has 0 radical (unpaired) electrons. The van der Waals surface area contributed by atoms with Crippen LogP contribution in [-0.2, 0) is 10.5 Å². The van der Waals surface area contributed by atoms with Gasteiger partial charge in [-0.05, 0) is 19.1 Å². The van der Waals surface area contributed by atoms with Crippen LogP contribution in [0.15, 0.2) is 12.1 Å². The third-order valence-electron chi connectivity index (χ3n) is 2.24. The lowest BCUT2D eigenvalue weighted by Gasteiger charge is -2.10. The van der Waals surface area contributed by atoms with Crippen molar-refractivity contribution in [2.75, 3.05) is 31.7 Å². The largest absolute Gasteiger partial charge is 0.370 e. The van der Waals surface area contributed by atoms with Gasteiger partial charge in [0.15, 0.2) is 0 Å². The summed E-state index contributed by atoms with van der Waals surface area (Å²) in [6, 6.07) is 3.68. The average Bonchev–Trinajstić information content (AvgIpc) is 2.33. The molecule has 0 spiro atoms. The van der Waals surface area contributed by atoms with E-state index in [9.17, 15) is 4.79 Å². The van der Waals surface area contributed by atoms with E-state index in [0.29, 0.717) is 16.5 Å². The Labute approximate surface area is 117 Å². The van der Waals surface area contributed by atoms with Crippen molar-refractivity contribution in [2.24, 2.45) is 0 Å². The number of pyridine rings is 1. The fraction of sp³-hybridized carbons (Fsp3) is 0.500. The normalized spacial score (nSPS) is 10.2. The molecule has 0 aliphatic heterocycles. The standard InChI is InChI=1S/C12H18ClN3OS/c1-4-14-11-6-5-9(13)10(15-11)7-18-8-12(17)16(2)3/h5-6H,4,7-8H2,1-3H3,(H,14,15). The van der Waals surface area contributed by atoms with E-state index in [2.05, 4.69) is 10.3 Å². The van der Waals surface area contributed by atoms with Gasteiger partial charge < -0.3 is 10.2 Å². The Morgan fingerprint density at radius 3 is 2.83 bits per heavy atom. The highest BCUT2D eigenvalue weighted by Crippen LogP contribution is 2.21. The molecule has 0 aliphatic rings. The number of hydrogen-bond donors (Lipinski definition) is 1. The number of amides is 1. The molecule has 1 aromatic rings. The molecule has 1 N–H and O–H groups in total. The molecule has 0 atom stereocenters. The molecule has 1 heterocycles. The van der Waals surface area contributed by atoms with Crippen LogP contribution in [0.5, 0.6) is 0 Å². The van der Waals surface area contributed by atoms with E-state index in [1.165, 1.54) is 11.8 Å². The number of halogens is 1. The highest BCUT2D eigenvalue weighted by Gasteiger charge is 2.07. The van der Waals surface area contributed by atoms with Gasteiger partial charge in [0.05, 0.1) is 16.5 Å². The Morgan fingerprint density at radius 2 is 2.22 bits per heavy atom. The van der Waals surface area contributed by atoms with Crippen molar-refractivity contribution in [3.05, 3.63) is 22.8 Å². The number of thioether (sulfide) groups is 1. The number of rotatable bonds is 6. The van der Waals surface area contributed by atoms with Gasteiger partial charge >= 0.3 is 0 Å². The van der Waals surface area contributed by atoms with Crippen LogP contribution in [0.25, 0.3) is 0 Å². The molecule has 0 bridgehead atoms. The third-order valence-corrected chi connectivity index (χ3v) is 3.51. The minimum absolute atomic E-state index is 0.0963. The van der Waals surface area contributed by atoms with E-state index in [-0.39, 0.29) is 5.91 Å². The lowest BCUT2D eigenvalue weighted by atomic mass is 10.3. The maximum absolute atomic E-state index is 11.4. The van der Waals surface area contributed by atoms with Crippen molar-refractivity contribution in [1.29, 1.82) is 0 Å². The van der Waals surface area contributed by atoms with Gasteiger partial charge in [-0.15, -0.1) is 11.8 Å². The van der Waals surface area contributed by atoms with Crippen molar-refractivity contribution in [1.82, 2.24) is 9.88 Å². The molecule has 18 heavy (non-hydrogen) atoms. The van der Waals surface area contributed by atoms with Crippen LogP contribution in [0, 0.1) is 0 Å². The topological polar surface area (TPSA) is 45.2 Å². The fourth-order valence-corrected chi connectivity index (χ4v) is 2.43. The van der Waals surface area contributed by atoms with Gasteiger partial charge in [0.1, 0.15) is 5.82 Å². The molecule has 6 heteroatoms. The van der Waals surface area contributed by atoms with Crippen molar-refractivity contribution in [3.63, 3.8) is 0 Å². The Bertz CT molecular complexity index is 412. The van der Waals surface area contributed by atoms with Crippen LogP contribution in [0.2, 0.25) is 5.02 Å². The van der Waals surface area contributed by atoms with Crippen LogP contribution in [-0.4, -0.2) is 42.2 Å². The van der Waals surface area contributed by atoms with Gasteiger partial charge in [-0.1, -0.05) is 11.6 Å². The second-order valence-corrected chi connectivity index (χ2v) is 5.33. The van der Waals surface area contributed by atoms with E-state index in [1.54, 1.807) is 19.0 Å². The zero-order chi connectivity index (χ0) is 13.5. The van der Waals surface area contributed by atoms with E-state index < -0.39 is 0 Å². The van der Waals surface area contributed by atoms with Crippen LogP contribution >= 0.6 is 23.4 Å². The third kappa shape index (κ3) is 4.74. The minimum Gasteiger partial charge on any atom is -0.370 e. The van der Waals surface area contributed by atoms with E-state index in [0.717, 1.165) is 18.1 Å². The number of aromatic nitrogens is 1. The molecule has 100 valence electrons. The zero-order valence-electron chi connectivity index (χ0n) is 10.9. The minimum atomic E-state index is 0.0963. The van der Waals surface area contributed by atoms with E-state index in [1.807, 2.05) is 19.1 Å². The van der Waals surface area contributed by atoms with Crippen LogP contribution < -0.4 is 5.32 Å². The summed E-state index contributed by atoms with van der Waals surface area (Å²) in [6.45, 7) is 2.83. The fourth-order valence-electron chi connectivity index (χ4n) is 1.23. The first-order chi connectivity index (χ1) is 8.54. The summed E-state index contributed by atoms with van der Waals surface area (Å²) in [5, 5.41) is 3.78. The summed E-state index contributed by atoms with van der Waals surface area (Å²) in [5.74, 6) is 1.99. The van der Waals surface area contributed by atoms with Gasteiger partial charge in [0.25, 0.3) is 0 Å². The summed E-state index contributed by atoms with van der Waals surface area (Å²) in [7, 11) is 3.50. The second kappa shape index (κ2) is 7.48. The second-order valence-electron chi connectivity index (χ2n) is 3.94. The number of carbonyl (C=O) groups is 1. The monoisotopic (exact) mass is 287 g/mol. The molecule has 0 saturated heterocycles. The maximum Gasteiger partial charge on any atom is 0.232 e. The molecule has 4 nitrogen and oxygen atoms in total. The first-order valence-electron chi connectivity index (χ1n) is 5.71. The maximum atomic E-state index is 11.4. The molecule has 0 aliphatic carbocycles. The SMILES string of the molecule is CCNc1ccc(Cl)c(CSCC(=O)N(C)C)n1. The molecule has 1 rings (SSSR count). The Hall–Kier alpha value is -0.940. The summed E-state index contributed by atoms with van der Waals surface area (Å²) in [4.78, 5) is 17.4. The van der Waals surface area contributed by atoms with Crippen molar-refractivity contribution < 1.29 is 4.79 Å². The summed E-state index contributed by atoms with van der Waals surface area (Å²) >= 11 is 7.59. The van der Waals surface area contributed by atoms with Crippen LogP contribution in [0.3, 0.4) is 0 Å². The predicted octanol–water partition coefficient (Wildman–Crippen LogP) is 2.49. The molecule has 0 fully saturated rings. The number of nitrogens with one attached hydrogen (secondary N) is 1. The molecular weight excluding hydrogens is 270 g/mol. The predicted molar refractivity (Wildman–Crippen MR) is 78.3 cm³/mol. The van der Waals surface area contributed by atoms with E-state index in [4.69, 9.17) is 11.6 Å². The number of anilines is 1. The van der Waals surface area contributed by atoms with Gasteiger partial charge in [0.2, 0.25) is 5.91 Å². The number of carbonyl (C=O) groups excluding carboxylic acids is 1. The molecule has 1 amide bonds.